The van der Waals surface area contributed by atoms with Crippen LogP contribution in [0.3, 0.4) is 0 Å². The zero-order valence-electron chi connectivity index (χ0n) is 10.6. The first-order valence-electron chi connectivity index (χ1n) is 5.64. The molecule has 1 heterocycles. The largest absolute Gasteiger partial charge is 0.495 e. The van der Waals surface area contributed by atoms with Crippen LogP contribution in [0.25, 0.3) is 0 Å². The number of aromatic nitrogens is 2. The van der Waals surface area contributed by atoms with Crippen LogP contribution in [0.4, 0.5) is 5.69 Å². The van der Waals surface area contributed by atoms with Gasteiger partial charge in [0.15, 0.2) is 0 Å². The number of rotatable bonds is 4. The van der Waals surface area contributed by atoms with Crippen molar-refractivity contribution in [2.24, 2.45) is 7.05 Å². The van der Waals surface area contributed by atoms with Gasteiger partial charge in [-0.05, 0) is 12.1 Å². The van der Waals surface area contributed by atoms with Crippen LogP contribution >= 0.6 is 11.6 Å². The van der Waals surface area contributed by atoms with Gasteiger partial charge in [0.05, 0.1) is 31.1 Å². The highest BCUT2D eigenvalue weighted by Crippen LogP contribution is 2.28. The molecule has 1 aromatic heterocycles. The lowest BCUT2D eigenvalue weighted by atomic mass is 10.2. The van der Waals surface area contributed by atoms with Gasteiger partial charge in [-0.2, -0.15) is 5.26 Å². The summed E-state index contributed by atoms with van der Waals surface area (Å²) < 4.78 is 7.02. The monoisotopic (exact) mass is 276 g/mol. The first-order valence-corrected chi connectivity index (χ1v) is 6.02. The Morgan fingerprint density at radius 1 is 1.53 bits per heavy atom. The number of halogens is 1. The van der Waals surface area contributed by atoms with E-state index in [1.54, 1.807) is 36.1 Å². The number of benzene rings is 1. The molecule has 2 aromatic rings. The molecule has 0 saturated carbocycles. The molecule has 0 spiro atoms. The summed E-state index contributed by atoms with van der Waals surface area (Å²) in [6.45, 7) is 0.457. The Labute approximate surface area is 116 Å². The van der Waals surface area contributed by atoms with E-state index < -0.39 is 0 Å². The van der Waals surface area contributed by atoms with Crippen LogP contribution in [0.2, 0.25) is 5.15 Å². The van der Waals surface area contributed by atoms with Gasteiger partial charge in [-0.3, -0.25) is 0 Å². The lowest BCUT2D eigenvalue weighted by Gasteiger charge is -2.12. The van der Waals surface area contributed by atoms with Gasteiger partial charge in [-0.25, -0.2) is 4.98 Å². The highest BCUT2D eigenvalue weighted by atomic mass is 35.5. The second-order valence-electron chi connectivity index (χ2n) is 3.90. The minimum absolute atomic E-state index is 0.457. The molecule has 0 aliphatic heterocycles. The van der Waals surface area contributed by atoms with Gasteiger partial charge in [-0.15, -0.1) is 0 Å². The van der Waals surface area contributed by atoms with Gasteiger partial charge in [-0.1, -0.05) is 17.7 Å². The van der Waals surface area contributed by atoms with Crippen molar-refractivity contribution >= 4 is 17.3 Å². The quantitative estimate of drug-likeness (QED) is 0.932. The number of ether oxygens (including phenoxy) is 1. The molecule has 0 unspecified atom stereocenters. The van der Waals surface area contributed by atoms with Gasteiger partial charge in [0, 0.05) is 7.05 Å². The summed E-state index contributed by atoms with van der Waals surface area (Å²) in [5, 5.41) is 12.8. The molecular weight excluding hydrogens is 264 g/mol. The Kier molecular flexibility index (Phi) is 3.93. The summed E-state index contributed by atoms with van der Waals surface area (Å²) >= 11 is 5.92. The molecule has 19 heavy (non-hydrogen) atoms. The maximum atomic E-state index is 9.11. The van der Waals surface area contributed by atoms with E-state index in [4.69, 9.17) is 21.6 Å². The summed E-state index contributed by atoms with van der Waals surface area (Å²) in [4.78, 5) is 4.19. The summed E-state index contributed by atoms with van der Waals surface area (Å²) in [5.74, 6) is 1.40. The maximum Gasteiger partial charge on any atom is 0.143 e. The van der Waals surface area contributed by atoms with Crippen LogP contribution in [0, 0.1) is 11.3 Å². The molecular formula is C13H13ClN4O. The van der Waals surface area contributed by atoms with Crippen molar-refractivity contribution in [3.8, 4) is 11.8 Å². The SMILES string of the molecule is COc1cccc(C#N)c1NCc1ncc(Cl)n1C. The average Bonchev–Trinajstić information content (AvgIpc) is 2.76. The zero-order valence-corrected chi connectivity index (χ0v) is 11.4. The van der Waals surface area contributed by atoms with Crippen molar-refractivity contribution in [1.82, 2.24) is 9.55 Å². The van der Waals surface area contributed by atoms with Crippen molar-refractivity contribution in [3.05, 3.63) is 40.9 Å². The molecule has 0 aliphatic rings. The molecule has 1 N–H and O–H groups in total. The molecule has 0 bridgehead atoms. The second-order valence-corrected chi connectivity index (χ2v) is 4.29. The fourth-order valence-corrected chi connectivity index (χ4v) is 1.88. The number of hydrogen-bond donors (Lipinski definition) is 1. The number of nitrogens with one attached hydrogen (secondary N) is 1. The van der Waals surface area contributed by atoms with E-state index in [-0.39, 0.29) is 0 Å². The zero-order chi connectivity index (χ0) is 13.8. The van der Waals surface area contributed by atoms with Crippen LogP contribution in [0.5, 0.6) is 5.75 Å². The van der Waals surface area contributed by atoms with Crippen LogP contribution in [0.15, 0.2) is 24.4 Å². The molecule has 98 valence electrons. The van der Waals surface area contributed by atoms with Crippen molar-refractivity contribution < 1.29 is 4.74 Å². The van der Waals surface area contributed by atoms with Gasteiger partial charge < -0.3 is 14.6 Å². The lowest BCUT2D eigenvalue weighted by molar-refractivity contribution is 0.416. The van der Waals surface area contributed by atoms with Crippen molar-refractivity contribution in [1.29, 1.82) is 5.26 Å². The second kappa shape index (κ2) is 5.63. The van der Waals surface area contributed by atoms with E-state index >= 15 is 0 Å². The van der Waals surface area contributed by atoms with Gasteiger partial charge in [0.1, 0.15) is 22.8 Å². The van der Waals surface area contributed by atoms with E-state index in [9.17, 15) is 0 Å². The molecule has 0 atom stereocenters. The molecule has 0 aliphatic carbocycles. The van der Waals surface area contributed by atoms with Crippen LogP contribution in [-0.4, -0.2) is 16.7 Å². The normalized spacial score (nSPS) is 10.0. The number of nitriles is 1. The fourth-order valence-electron chi connectivity index (χ4n) is 1.73. The Morgan fingerprint density at radius 2 is 2.32 bits per heavy atom. The molecule has 0 amide bonds. The van der Waals surface area contributed by atoms with Gasteiger partial charge in [0.25, 0.3) is 0 Å². The fraction of sp³-hybridized carbons (Fsp3) is 0.231. The molecule has 0 fully saturated rings. The third-order valence-corrected chi connectivity index (χ3v) is 3.17. The Hall–Kier alpha value is -2.19. The molecule has 2 rings (SSSR count). The number of anilines is 1. The smallest absolute Gasteiger partial charge is 0.143 e. The minimum atomic E-state index is 0.457. The minimum Gasteiger partial charge on any atom is -0.495 e. The van der Waals surface area contributed by atoms with E-state index in [1.807, 2.05) is 7.05 Å². The van der Waals surface area contributed by atoms with E-state index in [0.29, 0.717) is 28.7 Å². The third-order valence-electron chi connectivity index (χ3n) is 2.82. The number of methoxy groups -OCH3 is 1. The Bertz CT molecular complexity index is 630. The Balaban J connectivity index is 2.24. The van der Waals surface area contributed by atoms with Crippen molar-refractivity contribution in [2.75, 3.05) is 12.4 Å². The van der Waals surface area contributed by atoms with E-state index in [0.717, 1.165) is 5.82 Å². The molecule has 5 nitrogen and oxygen atoms in total. The number of hydrogen-bond acceptors (Lipinski definition) is 4. The predicted molar refractivity (Wildman–Crippen MR) is 73.3 cm³/mol. The molecule has 0 saturated heterocycles. The van der Waals surface area contributed by atoms with E-state index in [2.05, 4.69) is 16.4 Å². The highest BCUT2D eigenvalue weighted by Gasteiger charge is 2.10. The predicted octanol–water partition coefficient (Wildman–Crippen LogP) is 2.57. The summed E-state index contributed by atoms with van der Waals surface area (Å²) in [5.41, 5.74) is 1.19. The number of nitrogens with zero attached hydrogens (tertiary/aromatic N) is 3. The Morgan fingerprint density at radius 3 is 2.89 bits per heavy atom. The number of para-hydroxylation sites is 1. The topological polar surface area (TPSA) is 62.9 Å². The summed E-state index contributed by atoms with van der Waals surface area (Å²) in [7, 11) is 3.40. The van der Waals surface area contributed by atoms with Crippen LogP contribution in [0.1, 0.15) is 11.4 Å². The molecule has 0 radical (unpaired) electrons. The van der Waals surface area contributed by atoms with Crippen LogP contribution in [-0.2, 0) is 13.6 Å². The van der Waals surface area contributed by atoms with Gasteiger partial charge >= 0.3 is 0 Å². The lowest BCUT2D eigenvalue weighted by Crippen LogP contribution is -2.08. The van der Waals surface area contributed by atoms with Gasteiger partial charge in [0.2, 0.25) is 0 Å². The standard InChI is InChI=1S/C13H13ClN4O/c1-18-11(14)7-16-12(18)8-17-13-9(6-15)4-3-5-10(13)19-2/h3-5,7,17H,8H2,1-2H3. The summed E-state index contributed by atoms with van der Waals surface area (Å²) in [6, 6.07) is 7.44. The highest BCUT2D eigenvalue weighted by molar-refractivity contribution is 6.29. The van der Waals surface area contributed by atoms with Crippen LogP contribution < -0.4 is 10.1 Å². The third kappa shape index (κ3) is 2.64. The number of imidazole rings is 1. The maximum absolute atomic E-state index is 9.11. The molecule has 6 heteroatoms. The summed E-state index contributed by atoms with van der Waals surface area (Å²) in [6.07, 6.45) is 1.59. The molecule has 1 aromatic carbocycles. The first-order chi connectivity index (χ1) is 9.17. The van der Waals surface area contributed by atoms with Crippen molar-refractivity contribution in [3.63, 3.8) is 0 Å². The first kappa shape index (κ1) is 13.2. The average molecular weight is 277 g/mol. The van der Waals surface area contributed by atoms with E-state index in [1.165, 1.54) is 0 Å². The van der Waals surface area contributed by atoms with Crippen molar-refractivity contribution in [2.45, 2.75) is 6.54 Å².